The van der Waals surface area contributed by atoms with Crippen molar-refractivity contribution in [2.75, 3.05) is 0 Å². The van der Waals surface area contributed by atoms with Crippen LogP contribution in [0.3, 0.4) is 0 Å². The van der Waals surface area contributed by atoms with E-state index in [1.165, 1.54) is 11.8 Å². The average Bonchev–Trinajstić information content (AvgIpc) is 2.20. The molecule has 70 valence electrons. The average molecular weight is 187 g/mol. The van der Waals surface area contributed by atoms with Crippen LogP contribution in [-0.4, -0.2) is 4.98 Å². The molecule has 0 spiro atoms. The molecule has 0 saturated carbocycles. The Balaban J connectivity index is 2.50. The van der Waals surface area contributed by atoms with Gasteiger partial charge in [-0.15, -0.1) is 0 Å². The maximum atomic E-state index is 13.3. The fourth-order valence-corrected chi connectivity index (χ4v) is 1.34. The Morgan fingerprint density at radius 3 is 2.43 bits per heavy atom. The molecule has 0 aliphatic carbocycles. The molecule has 2 aromatic rings. The molecule has 1 nitrogen and oxygen atoms in total. The lowest BCUT2D eigenvalue weighted by Gasteiger charge is -2.02. The van der Waals surface area contributed by atoms with Gasteiger partial charge in [-0.3, -0.25) is 4.98 Å². The van der Waals surface area contributed by atoms with Crippen molar-refractivity contribution in [2.24, 2.45) is 0 Å². The van der Waals surface area contributed by atoms with Crippen LogP contribution in [0, 0.1) is 12.7 Å². The monoisotopic (exact) mass is 187 g/mol. The fourth-order valence-electron chi connectivity index (χ4n) is 1.34. The van der Waals surface area contributed by atoms with Gasteiger partial charge in [0.15, 0.2) is 0 Å². The van der Waals surface area contributed by atoms with Crippen molar-refractivity contribution in [1.29, 1.82) is 0 Å². The molecular formula is C12H10FN. The van der Waals surface area contributed by atoms with Crippen molar-refractivity contribution >= 4 is 0 Å². The SMILES string of the molecule is Cc1ccc(-c2ccncc2F)cc1. The molecule has 0 atom stereocenters. The van der Waals surface area contributed by atoms with Gasteiger partial charge in [0.1, 0.15) is 5.82 Å². The number of nitrogens with zero attached hydrogens (tertiary/aromatic N) is 1. The zero-order chi connectivity index (χ0) is 9.97. The van der Waals surface area contributed by atoms with Gasteiger partial charge in [-0.25, -0.2) is 4.39 Å². The number of aromatic nitrogens is 1. The number of aryl methyl sites for hydroxylation is 1. The Bertz CT molecular complexity index is 434. The van der Waals surface area contributed by atoms with E-state index in [-0.39, 0.29) is 5.82 Å². The number of hydrogen-bond donors (Lipinski definition) is 0. The lowest BCUT2D eigenvalue weighted by molar-refractivity contribution is 0.625. The van der Waals surface area contributed by atoms with Crippen LogP contribution in [0.5, 0.6) is 0 Å². The van der Waals surface area contributed by atoms with Gasteiger partial charge in [-0.05, 0) is 18.6 Å². The lowest BCUT2D eigenvalue weighted by atomic mass is 10.1. The first-order chi connectivity index (χ1) is 6.77. The van der Waals surface area contributed by atoms with Crippen molar-refractivity contribution in [3.63, 3.8) is 0 Å². The molecule has 0 fully saturated rings. The smallest absolute Gasteiger partial charge is 0.149 e. The highest BCUT2D eigenvalue weighted by molar-refractivity contribution is 5.63. The predicted octanol–water partition coefficient (Wildman–Crippen LogP) is 3.20. The van der Waals surface area contributed by atoms with Gasteiger partial charge >= 0.3 is 0 Å². The second-order valence-electron chi connectivity index (χ2n) is 3.22. The number of rotatable bonds is 1. The normalized spacial score (nSPS) is 10.1. The van der Waals surface area contributed by atoms with Crippen molar-refractivity contribution in [3.05, 3.63) is 54.1 Å². The van der Waals surface area contributed by atoms with Crippen molar-refractivity contribution < 1.29 is 4.39 Å². The maximum absolute atomic E-state index is 13.3. The summed E-state index contributed by atoms with van der Waals surface area (Å²) in [5.41, 5.74) is 2.65. The van der Waals surface area contributed by atoms with Gasteiger partial charge in [0.2, 0.25) is 0 Å². The van der Waals surface area contributed by atoms with E-state index in [0.717, 1.165) is 5.56 Å². The molecule has 0 unspecified atom stereocenters. The Morgan fingerprint density at radius 1 is 1.07 bits per heavy atom. The van der Waals surface area contributed by atoms with E-state index in [4.69, 9.17) is 0 Å². The zero-order valence-electron chi connectivity index (χ0n) is 7.87. The summed E-state index contributed by atoms with van der Waals surface area (Å²) in [6.07, 6.45) is 2.83. The summed E-state index contributed by atoms with van der Waals surface area (Å²) in [6.45, 7) is 2.01. The van der Waals surface area contributed by atoms with E-state index >= 15 is 0 Å². The standard InChI is InChI=1S/C12H10FN/c1-9-2-4-10(5-3-9)11-6-7-14-8-12(11)13/h2-8H,1H3. The Kier molecular flexibility index (Phi) is 2.27. The summed E-state index contributed by atoms with van der Waals surface area (Å²) in [7, 11) is 0. The van der Waals surface area contributed by atoms with Crippen LogP contribution >= 0.6 is 0 Å². The van der Waals surface area contributed by atoms with Gasteiger partial charge < -0.3 is 0 Å². The molecular weight excluding hydrogens is 177 g/mol. The Morgan fingerprint density at radius 2 is 1.79 bits per heavy atom. The first-order valence-corrected chi connectivity index (χ1v) is 4.44. The second-order valence-corrected chi connectivity index (χ2v) is 3.22. The highest BCUT2D eigenvalue weighted by Gasteiger charge is 2.02. The topological polar surface area (TPSA) is 12.9 Å². The quantitative estimate of drug-likeness (QED) is 0.668. The summed E-state index contributed by atoms with van der Waals surface area (Å²) in [5, 5.41) is 0. The summed E-state index contributed by atoms with van der Waals surface area (Å²) >= 11 is 0. The van der Waals surface area contributed by atoms with Gasteiger partial charge in [0.25, 0.3) is 0 Å². The molecule has 0 aliphatic heterocycles. The van der Waals surface area contributed by atoms with Crippen LogP contribution < -0.4 is 0 Å². The minimum absolute atomic E-state index is 0.281. The summed E-state index contributed by atoms with van der Waals surface area (Å²) < 4.78 is 13.3. The van der Waals surface area contributed by atoms with Crippen molar-refractivity contribution in [2.45, 2.75) is 6.92 Å². The minimum Gasteiger partial charge on any atom is -0.262 e. The number of pyridine rings is 1. The van der Waals surface area contributed by atoms with Gasteiger partial charge in [0, 0.05) is 11.8 Å². The number of benzene rings is 1. The molecule has 0 N–H and O–H groups in total. The molecule has 1 aromatic carbocycles. The van der Waals surface area contributed by atoms with Crippen LogP contribution in [0.2, 0.25) is 0 Å². The molecule has 2 heteroatoms. The molecule has 0 aliphatic rings. The minimum atomic E-state index is -0.281. The third kappa shape index (κ3) is 1.64. The first-order valence-electron chi connectivity index (χ1n) is 4.44. The lowest BCUT2D eigenvalue weighted by Crippen LogP contribution is -1.85. The summed E-state index contributed by atoms with van der Waals surface area (Å²) in [4.78, 5) is 3.71. The van der Waals surface area contributed by atoms with Crippen LogP contribution in [-0.2, 0) is 0 Å². The first kappa shape index (κ1) is 8.88. The summed E-state index contributed by atoms with van der Waals surface area (Å²) in [5.74, 6) is -0.281. The molecule has 0 bridgehead atoms. The van der Waals surface area contributed by atoms with E-state index < -0.39 is 0 Å². The molecule has 0 amide bonds. The molecule has 2 rings (SSSR count). The van der Waals surface area contributed by atoms with E-state index in [0.29, 0.717) is 5.56 Å². The van der Waals surface area contributed by atoms with E-state index in [1.54, 1.807) is 12.3 Å². The fraction of sp³-hybridized carbons (Fsp3) is 0.0833. The van der Waals surface area contributed by atoms with Gasteiger partial charge in [-0.1, -0.05) is 29.8 Å². The Labute approximate surface area is 82.2 Å². The third-order valence-electron chi connectivity index (χ3n) is 2.14. The van der Waals surface area contributed by atoms with Crippen LogP contribution in [0.1, 0.15) is 5.56 Å². The second kappa shape index (κ2) is 3.58. The molecule has 14 heavy (non-hydrogen) atoms. The van der Waals surface area contributed by atoms with Crippen LogP contribution in [0.4, 0.5) is 4.39 Å². The van der Waals surface area contributed by atoms with Crippen LogP contribution in [0.25, 0.3) is 11.1 Å². The molecule has 0 radical (unpaired) electrons. The highest BCUT2D eigenvalue weighted by Crippen LogP contribution is 2.21. The van der Waals surface area contributed by atoms with Crippen molar-refractivity contribution in [1.82, 2.24) is 4.98 Å². The molecule has 1 aromatic heterocycles. The van der Waals surface area contributed by atoms with E-state index in [1.807, 2.05) is 31.2 Å². The zero-order valence-corrected chi connectivity index (χ0v) is 7.87. The molecule has 0 saturated heterocycles. The maximum Gasteiger partial charge on any atom is 0.149 e. The number of hydrogen-bond acceptors (Lipinski definition) is 1. The largest absolute Gasteiger partial charge is 0.262 e. The van der Waals surface area contributed by atoms with Crippen LogP contribution in [0.15, 0.2) is 42.7 Å². The molecule has 1 heterocycles. The van der Waals surface area contributed by atoms with Gasteiger partial charge in [-0.2, -0.15) is 0 Å². The van der Waals surface area contributed by atoms with Gasteiger partial charge in [0.05, 0.1) is 6.20 Å². The third-order valence-corrected chi connectivity index (χ3v) is 2.14. The number of halogens is 1. The van der Waals surface area contributed by atoms with Crippen molar-refractivity contribution in [3.8, 4) is 11.1 Å². The highest BCUT2D eigenvalue weighted by atomic mass is 19.1. The van der Waals surface area contributed by atoms with E-state index in [2.05, 4.69) is 4.98 Å². The van der Waals surface area contributed by atoms with E-state index in [9.17, 15) is 4.39 Å². The predicted molar refractivity (Wildman–Crippen MR) is 54.4 cm³/mol. The summed E-state index contributed by atoms with van der Waals surface area (Å²) in [6, 6.07) is 9.44. The Hall–Kier alpha value is -1.70.